The molecular formula is C33H37N3O10. The molecule has 1 aliphatic rings. The van der Waals surface area contributed by atoms with E-state index in [0.717, 1.165) is 33.3 Å². The zero-order valence-electron chi connectivity index (χ0n) is 25.7. The van der Waals surface area contributed by atoms with Crippen LogP contribution in [0, 0.1) is 13.8 Å². The van der Waals surface area contributed by atoms with E-state index < -0.39 is 42.4 Å². The van der Waals surface area contributed by atoms with Crippen LogP contribution in [0.4, 0.5) is 4.79 Å². The minimum Gasteiger partial charge on any atom is -0.441 e. The van der Waals surface area contributed by atoms with Gasteiger partial charge in [0.1, 0.15) is 6.10 Å². The van der Waals surface area contributed by atoms with Gasteiger partial charge in [-0.15, -0.1) is 0 Å². The van der Waals surface area contributed by atoms with Gasteiger partial charge in [-0.3, -0.25) is 4.79 Å². The van der Waals surface area contributed by atoms with E-state index in [1.807, 2.05) is 43.3 Å². The number of H-pyrrole nitrogens is 1. The van der Waals surface area contributed by atoms with Gasteiger partial charge in [0.15, 0.2) is 24.4 Å². The average Bonchev–Trinajstić information content (AvgIpc) is 3.54. The number of carbonyl (C=O) groups excluding carboxylic acids is 2. The quantitative estimate of drug-likeness (QED) is 0.141. The molecule has 4 N–H and O–H groups in total. The van der Waals surface area contributed by atoms with Crippen LogP contribution in [0.1, 0.15) is 47.2 Å². The van der Waals surface area contributed by atoms with E-state index in [1.165, 1.54) is 6.08 Å². The molecule has 244 valence electrons. The molecule has 2 aromatic heterocycles. The molecule has 13 heteroatoms. The van der Waals surface area contributed by atoms with Crippen LogP contribution < -0.4 is 11.3 Å². The predicted molar refractivity (Wildman–Crippen MR) is 165 cm³/mol. The van der Waals surface area contributed by atoms with Gasteiger partial charge in [0.05, 0.1) is 12.2 Å². The van der Waals surface area contributed by atoms with Crippen molar-refractivity contribution in [2.24, 2.45) is 0 Å². The number of nitrogens with one attached hydrogen (secondary N) is 2. The maximum Gasteiger partial charge on any atom is 0.519 e. The number of benzene rings is 2. The summed E-state index contributed by atoms with van der Waals surface area (Å²) in [5, 5.41) is 20.7. The summed E-state index contributed by atoms with van der Waals surface area (Å²) in [5.74, 6) is -0.999. The van der Waals surface area contributed by atoms with Crippen molar-refractivity contribution in [3.05, 3.63) is 99.1 Å². The molecule has 46 heavy (non-hydrogen) atoms. The second-order valence-corrected chi connectivity index (χ2v) is 11.2. The molecule has 5 rings (SSSR count). The highest BCUT2D eigenvalue weighted by molar-refractivity contribution is 5.91. The lowest BCUT2D eigenvalue weighted by Crippen LogP contribution is -2.49. The van der Waals surface area contributed by atoms with Crippen LogP contribution in [0.25, 0.3) is 17.0 Å². The van der Waals surface area contributed by atoms with E-state index in [4.69, 9.17) is 23.1 Å². The van der Waals surface area contributed by atoms with E-state index >= 15 is 0 Å². The van der Waals surface area contributed by atoms with E-state index in [9.17, 15) is 24.6 Å². The average molecular weight is 636 g/mol. The van der Waals surface area contributed by atoms with E-state index in [1.54, 1.807) is 37.0 Å². The van der Waals surface area contributed by atoms with Gasteiger partial charge in [-0.2, -0.15) is 0 Å². The second-order valence-electron chi connectivity index (χ2n) is 11.2. The molecule has 4 aromatic rings. The highest BCUT2D eigenvalue weighted by Crippen LogP contribution is 2.23. The van der Waals surface area contributed by atoms with Gasteiger partial charge in [-0.1, -0.05) is 42.5 Å². The number of aryl methyl sites for hydroxylation is 2. The molecule has 0 spiro atoms. The molecule has 3 heterocycles. The Bertz CT molecular complexity index is 1730. The Balaban J connectivity index is 1.21. The van der Waals surface area contributed by atoms with Crippen LogP contribution in [0.15, 0.2) is 68.2 Å². The number of aromatic nitrogens is 1. The SMILES string of the molecule is Cc1[nH]c2ccccc2c1CCN(Cc1ccc(/C=C/C(=O)NOC2C[C@H](O)[C@@H](O)[C@H](C)O2)cc1)C(=O)OCc1oc(=O)oc1C. The molecule has 13 nitrogen and oxygen atoms in total. The Morgan fingerprint density at radius 3 is 2.59 bits per heavy atom. The molecule has 2 aromatic carbocycles. The normalized spacial score (nSPS) is 19.8. The summed E-state index contributed by atoms with van der Waals surface area (Å²) in [5.41, 5.74) is 6.97. The smallest absolute Gasteiger partial charge is 0.441 e. The van der Waals surface area contributed by atoms with Crippen molar-refractivity contribution in [1.82, 2.24) is 15.4 Å². The van der Waals surface area contributed by atoms with Crippen molar-refractivity contribution in [2.75, 3.05) is 6.54 Å². The van der Waals surface area contributed by atoms with E-state index in [0.29, 0.717) is 13.0 Å². The van der Waals surface area contributed by atoms with Gasteiger partial charge in [0.25, 0.3) is 5.91 Å². The van der Waals surface area contributed by atoms with Crippen LogP contribution in [-0.4, -0.2) is 63.2 Å². The maximum atomic E-state index is 13.3. The maximum absolute atomic E-state index is 13.3. The molecule has 1 saturated heterocycles. The first-order valence-electron chi connectivity index (χ1n) is 14.9. The fourth-order valence-electron chi connectivity index (χ4n) is 5.25. The molecule has 0 aliphatic carbocycles. The molecule has 4 atom stereocenters. The van der Waals surface area contributed by atoms with Crippen molar-refractivity contribution >= 4 is 29.0 Å². The molecular weight excluding hydrogens is 598 g/mol. The number of aliphatic hydroxyl groups is 2. The zero-order valence-corrected chi connectivity index (χ0v) is 25.7. The lowest BCUT2D eigenvalue weighted by Gasteiger charge is -2.34. The summed E-state index contributed by atoms with van der Waals surface area (Å²) in [6.45, 7) is 5.51. The number of hydrogen-bond acceptors (Lipinski definition) is 10. The number of fused-ring (bicyclic) bond motifs is 1. The number of aromatic amines is 1. The Morgan fingerprint density at radius 2 is 1.87 bits per heavy atom. The molecule has 0 bridgehead atoms. The monoisotopic (exact) mass is 635 g/mol. The van der Waals surface area contributed by atoms with Gasteiger partial charge in [-0.05, 0) is 56.0 Å². The number of amides is 2. The van der Waals surface area contributed by atoms with E-state index in [2.05, 4.69) is 10.5 Å². The fraction of sp³-hybridized carbons (Fsp3) is 0.364. The molecule has 2 amide bonds. The summed E-state index contributed by atoms with van der Waals surface area (Å²) < 4.78 is 20.7. The van der Waals surface area contributed by atoms with Gasteiger partial charge in [0.2, 0.25) is 0 Å². The lowest BCUT2D eigenvalue weighted by atomic mass is 10.0. The van der Waals surface area contributed by atoms with Crippen LogP contribution in [0.5, 0.6) is 0 Å². The summed E-state index contributed by atoms with van der Waals surface area (Å²) >= 11 is 0. The third-order valence-corrected chi connectivity index (χ3v) is 7.83. The van der Waals surface area contributed by atoms with Crippen molar-refractivity contribution in [1.29, 1.82) is 0 Å². The van der Waals surface area contributed by atoms with Crippen molar-refractivity contribution in [2.45, 2.75) is 71.4 Å². The molecule has 0 radical (unpaired) electrons. The number of hydrogen-bond donors (Lipinski definition) is 4. The first-order valence-corrected chi connectivity index (χ1v) is 14.9. The Labute approximate surface area is 264 Å². The van der Waals surface area contributed by atoms with Crippen LogP contribution >= 0.6 is 0 Å². The Kier molecular flexibility index (Phi) is 10.4. The number of aliphatic hydroxyl groups excluding tert-OH is 2. The second kappa shape index (κ2) is 14.6. The number of hydroxylamine groups is 1. The van der Waals surface area contributed by atoms with Gasteiger partial charge < -0.3 is 38.4 Å². The van der Waals surface area contributed by atoms with Crippen LogP contribution in [-0.2, 0) is 38.7 Å². The number of rotatable bonds is 11. The summed E-state index contributed by atoms with van der Waals surface area (Å²) in [6, 6.07) is 15.3. The van der Waals surface area contributed by atoms with Gasteiger partial charge >= 0.3 is 11.9 Å². The highest BCUT2D eigenvalue weighted by atomic mass is 16.8. The van der Waals surface area contributed by atoms with Crippen molar-refractivity contribution in [3.63, 3.8) is 0 Å². The summed E-state index contributed by atoms with van der Waals surface area (Å²) in [4.78, 5) is 47.1. The summed E-state index contributed by atoms with van der Waals surface area (Å²) in [7, 11) is 0. The molecule has 1 fully saturated rings. The topological polar surface area (TPSA) is 177 Å². The van der Waals surface area contributed by atoms with Gasteiger partial charge in [0, 0.05) is 42.2 Å². The molecule has 1 aliphatic heterocycles. The predicted octanol–water partition coefficient (Wildman–Crippen LogP) is 3.63. The number of carbonyl (C=O) groups is 2. The lowest BCUT2D eigenvalue weighted by molar-refractivity contribution is -0.262. The largest absolute Gasteiger partial charge is 0.519 e. The molecule has 0 saturated carbocycles. The number of para-hydroxylation sites is 1. The first-order chi connectivity index (χ1) is 22.1. The van der Waals surface area contributed by atoms with Crippen molar-refractivity contribution in [3.8, 4) is 0 Å². The Morgan fingerprint density at radius 1 is 1.11 bits per heavy atom. The third-order valence-electron chi connectivity index (χ3n) is 7.83. The molecule has 1 unspecified atom stereocenters. The van der Waals surface area contributed by atoms with Crippen LogP contribution in [0.2, 0.25) is 0 Å². The third kappa shape index (κ3) is 8.12. The minimum absolute atomic E-state index is 0.0162. The first kappa shape index (κ1) is 32.7. The van der Waals surface area contributed by atoms with Crippen molar-refractivity contribution < 1.29 is 42.9 Å². The highest BCUT2D eigenvalue weighted by Gasteiger charge is 2.35. The van der Waals surface area contributed by atoms with E-state index in [-0.39, 0.29) is 31.1 Å². The standard InChI is InChI=1S/C33H37N3O10/c1-19-24(25-6-4-5-7-26(25)34-19)14-15-36(32(40)42-18-28-20(2)44-33(41)45-28)17-23-10-8-22(9-11-23)12-13-29(38)35-46-30-16-27(37)31(39)21(3)43-30/h4-13,21,27,30-31,34,37,39H,14-18H2,1-3H3,(H,35,38)/b13-12+/t21-,27-,30?,31-/m0/s1. The fourth-order valence-corrected chi connectivity index (χ4v) is 5.25. The van der Waals surface area contributed by atoms with Gasteiger partial charge in [-0.25, -0.2) is 19.9 Å². The Hall–Kier alpha value is -4.69. The number of ether oxygens (including phenoxy) is 2. The number of nitrogens with zero attached hydrogens (tertiary/aromatic N) is 1. The summed E-state index contributed by atoms with van der Waals surface area (Å²) in [6.07, 6.45) is -0.669. The van der Waals surface area contributed by atoms with Crippen LogP contribution in [0.3, 0.4) is 0 Å². The zero-order chi connectivity index (χ0) is 32.8. The minimum atomic E-state index is -1.02.